The Bertz CT molecular complexity index is 1360. The van der Waals surface area contributed by atoms with Crippen LogP contribution in [-0.4, -0.2) is 68.4 Å². The summed E-state index contributed by atoms with van der Waals surface area (Å²) in [5.41, 5.74) is 1.44. The fraction of sp³-hybridized carbons (Fsp3) is 0.429. The van der Waals surface area contributed by atoms with Crippen LogP contribution in [0.3, 0.4) is 0 Å². The van der Waals surface area contributed by atoms with Gasteiger partial charge in [-0.2, -0.15) is 0 Å². The normalized spacial score (nSPS) is 21.7. The molecule has 39 heavy (non-hydrogen) atoms. The van der Waals surface area contributed by atoms with Gasteiger partial charge in [-0.05, 0) is 52.1 Å². The second-order valence-electron chi connectivity index (χ2n) is 10.6. The van der Waals surface area contributed by atoms with Crippen molar-refractivity contribution < 1.29 is 19.1 Å². The smallest absolute Gasteiger partial charge is 0.410 e. The molecule has 3 aromatic rings. The number of carbonyl (C=O) groups is 2. The van der Waals surface area contributed by atoms with Crippen LogP contribution in [0.15, 0.2) is 54.1 Å². The number of ether oxygens (including phenoxy) is 2. The van der Waals surface area contributed by atoms with Gasteiger partial charge >= 0.3 is 6.09 Å². The molecular formula is C28H32N6O4S. The molecule has 1 aromatic carbocycles. The topological polar surface area (TPSA) is 119 Å². The van der Waals surface area contributed by atoms with Crippen molar-refractivity contribution in [1.82, 2.24) is 24.8 Å². The lowest BCUT2D eigenvalue weighted by atomic mass is 9.93. The average Bonchev–Trinajstić information content (AvgIpc) is 3.31. The number of nitrogens with zero attached hydrogens (tertiary/aromatic N) is 5. The standard InChI is InChI=1S/C28H32N6O4S/c1-6-37-23-14-29-13-21(32-23)17-7-9-18(10-8-17)31-24(35)28(22-11-12-30-25(33-22)39-5)19-15-34(16-20(19)28)26(36)38-27(2,3)4/h7-14,19-20H,6,15-16H2,1-5H3,(H,31,35)/t19-,20+,28?. The first-order valence-electron chi connectivity index (χ1n) is 12.9. The Morgan fingerprint density at radius 3 is 2.46 bits per heavy atom. The van der Waals surface area contributed by atoms with Crippen molar-refractivity contribution in [2.24, 2.45) is 11.8 Å². The lowest BCUT2D eigenvalue weighted by Gasteiger charge is -2.28. The van der Waals surface area contributed by atoms with Gasteiger partial charge in [0.2, 0.25) is 11.8 Å². The van der Waals surface area contributed by atoms with E-state index in [1.807, 2.05) is 64.3 Å². The molecule has 3 heterocycles. The van der Waals surface area contributed by atoms with Gasteiger partial charge in [0.05, 0.1) is 30.4 Å². The number of likely N-dealkylation sites (tertiary alicyclic amines) is 1. The van der Waals surface area contributed by atoms with E-state index in [-0.39, 0.29) is 23.8 Å². The first-order valence-corrected chi connectivity index (χ1v) is 14.1. The number of hydrogen-bond donors (Lipinski definition) is 1. The first-order chi connectivity index (χ1) is 18.7. The van der Waals surface area contributed by atoms with E-state index in [1.54, 1.807) is 23.5 Å². The number of piperidine rings is 1. The van der Waals surface area contributed by atoms with Crippen LogP contribution < -0.4 is 10.1 Å². The molecule has 2 fully saturated rings. The molecule has 2 aliphatic rings. The predicted octanol–water partition coefficient (Wildman–Crippen LogP) is 4.43. The highest BCUT2D eigenvalue weighted by Crippen LogP contribution is 2.63. The third kappa shape index (κ3) is 5.27. The fourth-order valence-corrected chi connectivity index (χ4v) is 5.63. The van der Waals surface area contributed by atoms with Gasteiger partial charge in [-0.25, -0.2) is 19.7 Å². The van der Waals surface area contributed by atoms with Crippen LogP contribution in [0, 0.1) is 11.8 Å². The molecular weight excluding hydrogens is 516 g/mol. The molecule has 0 bridgehead atoms. The van der Waals surface area contributed by atoms with Gasteiger partial charge in [-0.3, -0.25) is 9.78 Å². The molecule has 5 rings (SSSR count). The van der Waals surface area contributed by atoms with Crippen molar-refractivity contribution in [1.29, 1.82) is 0 Å². The quantitative estimate of drug-likeness (QED) is 0.338. The minimum atomic E-state index is -0.845. The van der Waals surface area contributed by atoms with Crippen LogP contribution in [0.4, 0.5) is 10.5 Å². The minimum absolute atomic E-state index is 0.0644. The number of carbonyl (C=O) groups excluding carboxylic acids is 2. The van der Waals surface area contributed by atoms with Crippen LogP contribution in [0.1, 0.15) is 33.4 Å². The van der Waals surface area contributed by atoms with Gasteiger partial charge in [-0.15, -0.1) is 0 Å². The molecule has 1 aliphatic carbocycles. The molecule has 3 atom stereocenters. The number of thioether (sulfide) groups is 1. The van der Waals surface area contributed by atoms with Crippen molar-refractivity contribution >= 4 is 29.4 Å². The monoisotopic (exact) mass is 548 g/mol. The number of anilines is 1. The zero-order valence-electron chi connectivity index (χ0n) is 22.7. The second kappa shape index (κ2) is 10.4. The molecule has 1 saturated carbocycles. The van der Waals surface area contributed by atoms with Crippen LogP contribution in [0.5, 0.6) is 5.88 Å². The molecule has 204 valence electrons. The molecule has 1 N–H and O–H groups in total. The Kier molecular flexibility index (Phi) is 7.19. The van der Waals surface area contributed by atoms with Crippen LogP contribution >= 0.6 is 11.8 Å². The Hall–Kier alpha value is -3.73. The largest absolute Gasteiger partial charge is 0.477 e. The third-order valence-electron chi connectivity index (χ3n) is 6.99. The molecule has 2 aromatic heterocycles. The zero-order chi connectivity index (χ0) is 27.8. The number of fused-ring (bicyclic) bond motifs is 1. The Morgan fingerprint density at radius 1 is 1.10 bits per heavy atom. The number of hydrogen-bond acceptors (Lipinski definition) is 9. The van der Waals surface area contributed by atoms with Crippen molar-refractivity contribution in [2.45, 2.75) is 43.9 Å². The number of aromatic nitrogens is 4. The molecule has 11 heteroatoms. The maximum absolute atomic E-state index is 13.9. The van der Waals surface area contributed by atoms with E-state index >= 15 is 0 Å². The van der Waals surface area contributed by atoms with Gasteiger partial charge < -0.3 is 19.7 Å². The van der Waals surface area contributed by atoms with Gasteiger partial charge in [0.1, 0.15) is 11.0 Å². The number of rotatable bonds is 7. The summed E-state index contributed by atoms with van der Waals surface area (Å²) in [4.78, 5) is 46.0. The molecule has 0 radical (unpaired) electrons. The molecule has 10 nitrogen and oxygen atoms in total. The number of benzene rings is 1. The highest BCUT2D eigenvalue weighted by atomic mass is 32.2. The van der Waals surface area contributed by atoms with Crippen LogP contribution in [-0.2, 0) is 14.9 Å². The Morgan fingerprint density at radius 2 is 1.82 bits per heavy atom. The third-order valence-corrected chi connectivity index (χ3v) is 7.55. The van der Waals surface area contributed by atoms with Crippen LogP contribution in [0.2, 0.25) is 0 Å². The second-order valence-corrected chi connectivity index (χ2v) is 11.4. The van der Waals surface area contributed by atoms with Crippen molar-refractivity contribution in [2.75, 3.05) is 31.3 Å². The van der Waals surface area contributed by atoms with Crippen molar-refractivity contribution in [3.05, 3.63) is 54.6 Å². The van der Waals surface area contributed by atoms with Crippen LogP contribution in [0.25, 0.3) is 11.3 Å². The van der Waals surface area contributed by atoms with Gasteiger partial charge in [0, 0.05) is 42.4 Å². The maximum Gasteiger partial charge on any atom is 0.410 e. The molecule has 1 aliphatic heterocycles. The first kappa shape index (κ1) is 26.9. The molecule has 0 spiro atoms. The molecule has 2 amide bonds. The summed E-state index contributed by atoms with van der Waals surface area (Å²) in [6, 6.07) is 9.26. The fourth-order valence-electron chi connectivity index (χ4n) is 5.27. The minimum Gasteiger partial charge on any atom is -0.477 e. The highest BCUT2D eigenvalue weighted by Gasteiger charge is 2.74. The van der Waals surface area contributed by atoms with E-state index in [0.717, 1.165) is 5.56 Å². The van der Waals surface area contributed by atoms with E-state index < -0.39 is 11.0 Å². The summed E-state index contributed by atoms with van der Waals surface area (Å²) in [5.74, 6) is 0.193. The van der Waals surface area contributed by atoms with Crippen molar-refractivity contribution in [3.8, 4) is 17.1 Å². The molecule has 1 unspecified atom stereocenters. The van der Waals surface area contributed by atoms with E-state index in [1.165, 1.54) is 11.8 Å². The average molecular weight is 549 g/mol. The van der Waals surface area contributed by atoms with E-state index in [9.17, 15) is 9.59 Å². The van der Waals surface area contributed by atoms with Gasteiger partial charge in [-0.1, -0.05) is 23.9 Å². The summed E-state index contributed by atoms with van der Waals surface area (Å²) in [7, 11) is 0. The number of nitrogens with one attached hydrogen (secondary N) is 1. The SMILES string of the molecule is CCOc1cncc(-c2ccc(NC(=O)C3(c4ccnc(SC)n4)[C@@H]4CN(C(=O)OC(C)(C)C)C[C@@H]43)cc2)n1. The number of amides is 2. The maximum atomic E-state index is 13.9. The van der Waals surface area contributed by atoms with E-state index in [0.29, 0.717) is 47.8 Å². The lowest BCUT2D eigenvalue weighted by Crippen LogP contribution is -2.43. The highest BCUT2D eigenvalue weighted by molar-refractivity contribution is 7.98. The summed E-state index contributed by atoms with van der Waals surface area (Å²) >= 11 is 1.43. The zero-order valence-corrected chi connectivity index (χ0v) is 23.5. The van der Waals surface area contributed by atoms with Gasteiger partial charge in [0.25, 0.3) is 0 Å². The van der Waals surface area contributed by atoms with E-state index in [2.05, 4.69) is 20.3 Å². The Labute approximate surface area is 232 Å². The summed E-state index contributed by atoms with van der Waals surface area (Å²) in [6.07, 6.45) is 6.48. The Balaban J connectivity index is 1.36. The summed E-state index contributed by atoms with van der Waals surface area (Å²) in [5, 5.41) is 3.71. The summed E-state index contributed by atoms with van der Waals surface area (Å²) < 4.78 is 11.0. The van der Waals surface area contributed by atoms with Gasteiger partial charge in [0.15, 0.2) is 5.16 Å². The predicted molar refractivity (Wildman–Crippen MR) is 148 cm³/mol. The lowest BCUT2D eigenvalue weighted by molar-refractivity contribution is -0.119. The van der Waals surface area contributed by atoms with Crippen molar-refractivity contribution in [3.63, 3.8) is 0 Å². The molecule has 1 saturated heterocycles. The van der Waals surface area contributed by atoms with E-state index in [4.69, 9.17) is 14.5 Å². The summed E-state index contributed by atoms with van der Waals surface area (Å²) in [6.45, 7) is 8.80.